The quantitative estimate of drug-likeness (QED) is 0.267. The number of nitrogens with one attached hydrogen (secondary N) is 2. The lowest BCUT2D eigenvalue weighted by atomic mass is 10.1. The van der Waals surface area contributed by atoms with Crippen LogP contribution in [0.25, 0.3) is 6.08 Å². The third-order valence-corrected chi connectivity index (χ3v) is 5.09. The number of nitrogens with zero attached hydrogens (tertiary/aromatic N) is 1. The van der Waals surface area contributed by atoms with E-state index in [1.807, 2.05) is 0 Å². The first-order chi connectivity index (χ1) is 15.8. The van der Waals surface area contributed by atoms with Gasteiger partial charge in [0.1, 0.15) is 11.4 Å². The molecule has 3 aromatic carbocycles. The number of hydrogen-bond acceptors (Lipinski definition) is 5. The summed E-state index contributed by atoms with van der Waals surface area (Å²) >= 11 is 12.3. The second-order valence-electron chi connectivity index (χ2n) is 6.64. The second-order valence-corrected chi connectivity index (χ2v) is 7.45. The van der Waals surface area contributed by atoms with Gasteiger partial charge in [0.2, 0.25) is 0 Å². The number of amides is 2. The topological polar surface area (TPSA) is 111 Å². The van der Waals surface area contributed by atoms with Crippen molar-refractivity contribution in [3.8, 4) is 5.75 Å². The van der Waals surface area contributed by atoms with Gasteiger partial charge in [-0.1, -0.05) is 35.3 Å². The van der Waals surface area contributed by atoms with Crippen molar-refractivity contribution >= 4 is 52.5 Å². The number of benzene rings is 3. The summed E-state index contributed by atoms with van der Waals surface area (Å²) in [6.07, 6.45) is 1.38. The number of nitro benzene ring substituents is 1. The third-order valence-electron chi connectivity index (χ3n) is 4.45. The Morgan fingerprint density at radius 3 is 2.30 bits per heavy atom. The molecule has 8 nitrogen and oxygen atoms in total. The predicted molar refractivity (Wildman–Crippen MR) is 127 cm³/mol. The van der Waals surface area contributed by atoms with Crippen molar-refractivity contribution in [3.63, 3.8) is 0 Å². The predicted octanol–water partition coefficient (Wildman–Crippen LogP) is 5.32. The largest absolute Gasteiger partial charge is 0.497 e. The normalized spacial score (nSPS) is 10.9. The Kier molecular flexibility index (Phi) is 7.66. The lowest BCUT2D eigenvalue weighted by Crippen LogP contribution is -2.31. The van der Waals surface area contributed by atoms with E-state index in [9.17, 15) is 19.7 Å². The third kappa shape index (κ3) is 6.09. The highest BCUT2D eigenvalue weighted by molar-refractivity contribution is 6.34. The number of anilines is 1. The number of carbonyl (C=O) groups excluding carboxylic acids is 2. The molecule has 0 aromatic heterocycles. The highest BCUT2D eigenvalue weighted by Crippen LogP contribution is 2.24. The Morgan fingerprint density at radius 2 is 1.70 bits per heavy atom. The first-order valence-corrected chi connectivity index (χ1v) is 10.2. The van der Waals surface area contributed by atoms with Crippen LogP contribution < -0.4 is 15.4 Å². The molecule has 0 atom stereocenters. The molecule has 0 fully saturated rings. The molecule has 0 aliphatic rings. The molecule has 0 saturated heterocycles. The highest BCUT2D eigenvalue weighted by Gasteiger charge is 2.18. The molecule has 0 unspecified atom stereocenters. The summed E-state index contributed by atoms with van der Waals surface area (Å²) in [6, 6.07) is 16.6. The van der Waals surface area contributed by atoms with Gasteiger partial charge < -0.3 is 15.4 Å². The van der Waals surface area contributed by atoms with Gasteiger partial charge >= 0.3 is 0 Å². The van der Waals surface area contributed by atoms with Gasteiger partial charge in [0, 0.05) is 12.1 Å². The fourth-order valence-corrected chi connectivity index (χ4v) is 3.21. The minimum absolute atomic E-state index is 0.108. The lowest BCUT2D eigenvalue weighted by molar-refractivity contribution is -0.384. The Balaban J connectivity index is 1.93. The molecular formula is C23H17Cl2N3O5. The van der Waals surface area contributed by atoms with Crippen molar-refractivity contribution in [1.29, 1.82) is 0 Å². The summed E-state index contributed by atoms with van der Waals surface area (Å²) in [6.45, 7) is 0. The van der Waals surface area contributed by atoms with E-state index in [2.05, 4.69) is 10.6 Å². The van der Waals surface area contributed by atoms with E-state index in [1.165, 1.54) is 49.6 Å². The lowest BCUT2D eigenvalue weighted by Gasteiger charge is -2.13. The molecule has 0 heterocycles. The Hall–Kier alpha value is -3.88. The number of carbonyl (C=O) groups is 2. The Morgan fingerprint density at radius 1 is 1.00 bits per heavy atom. The Bertz CT molecular complexity index is 1240. The Labute approximate surface area is 198 Å². The summed E-state index contributed by atoms with van der Waals surface area (Å²) in [5.74, 6) is -0.820. The van der Waals surface area contributed by atoms with Crippen LogP contribution in [0.2, 0.25) is 10.0 Å². The minimum Gasteiger partial charge on any atom is -0.497 e. The molecular weight excluding hydrogens is 469 g/mol. The number of nitro groups is 1. The van der Waals surface area contributed by atoms with Crippen molar-refractivity contribution in [3.05, 3.63) is 104 Å². The molecule has 10 heteroatoms. The summed E-state index contributed by atoms with van der Waals surface area (Å²) in [5.41, 5.74) is 0.683. The van der Waals surface area contributed by atoms with Crippen molar-refractivity contribution in [2.24, 2.45) is 0 Å². The van der Waals surface area contributed by atoms with Crippen molar-refractivity contribution < 1.29 is 19.2 Å². The molecule has 0 saturated carbocycles. The molecule has 3 aromatic rings. The molecule has 0 radical (unpaired) electrons. The number of non-ortho nitro benzene ring substituents is 1. The van der Waals surface area contributed by atoms with Crippen LogP contribution in [0.5, 0.6) is 5.75 Å². The van der Waals surface area contributed by atoms with Crippen LogP contribution in [-0.2, 0) is 4.79 Å². The number of ether oxygens (including phenoxy) is 1. The van der Waals surface area contributed by atoms with E-state index in [1.54, 1.807) is 30.3 Å². The second kappa shape index (κ2) is 10.6. The zero-order valence-corrected chi connectivity index (χ0v) is 18.7. The van der Waals surface area contributed by atoms with Gasteiger partial charge in [-0.15, -0.1) is 0 Å². The first-order valence-electron chi connectivity index (χ1n) is 9.45. The van der Waals surface area contributed by atoms with Crippen LogP contribution in [0, 0.1) is 10.1 Å². The summed E-state index contributed by atoms with van der Waals surface area (Å²) in [7, 11) is 1.47. The fourth-order valence-electron chi connectivity index (χ4n) is 2.77. The average molecular weight is 486 g/mol. The maximum Gasteiger partial charge on any atom is 0.272 e. The van der Waals surface area contributed by atoms with Crippen molar-refractivity contribution in [2.45, 2.75) is 0 Å². The van der Waals surface area contributed by atoms with E-state index in [0.29, 0.717) is 22.0 Å². The van der Waals surface area contributed by atoms with Gasteiger partial charge in [0.25, 0.3) is 17.5 Å². The summed E-state index contributed by atoms with van der Waals surface area (Å²) in [5, 5.41) is 16.5. The molecule has 0 bridgehead atoms. The van der Waals surface area contributed by atoms with E-state index in [4.69, 9.17) is 27.9 Å². The number of halogens is 2. The molecule has 2 N–H and O–H groups in total. The fraction of sp³-hybridized carbons (Fsp3) is 0.0435. The average Bonchev–Trinajstić information content (AvgIpc) is 2.80. The minimum atomic E-state index is -0.653. The number of para-hydroxylation sites is 1. The molecule has 0 spiro atoms. The van der Waals surface area contributed by atoms with Crippen molar-refractivity contribution in [1.82, 2.24) is 5.32 Å². The SMILES string of the molecule is COc1ccc(C(=O)N/C(=C/c2ccc([N+](=O)[O-])cc2)C(=O)Nc2ccccc2Cl)c(Cl)c1. The molecule has 2 amide bonds. The van der Waals surface area contributed by atoms with Crippen LogP contribution in [0.3, 0.4) is 0 Å². The van der Waals surface area contributed by atoms with Crippen LogP contribution in [0.4, 0.5) is 11.4 Å². The van der Waals surface area contributed by atoms with Crippen LogP contribution in [0.15, 0.2) is 72.4 Å². The van der Waals surface area contributed by atoms with Gasteiger partial charge in [-0.25, -0.2) is 0 Å². The van der Waals surface area contributed by atoms with Gasteiger partial charge in [0.15, 0.2) is 0 Å². The van der Waals surface area contributed by atoms with Gasteiger partial charge in [-0.3, -0.25) is 19.7 Å². The molecule has 33 heavy (non-hydrogen) atoms. The van der Waals surface area contributed by atoms with Crippen LogP contribution in [-0.4, -0.2) is 23.8 Å². The molecule has 0 aliphatic heterocycles. The standard InChI is InChI=1S/C23H17Cl2N3O5/c1-33-16-10-11-17(19(25)13-16)22(29)27-21(12-14-6-8-15(9-7-14)28(31)32)23(30)26-20-5-3-2-4-18(20)24/h2-13H,1H3,(H,26,30)(H,27,29)/b21-12+. The zero-order chi connectivity index (χ0) is 24.0. The van der Waals surface area contributed by atoms with Gasteiger partial charge in [-0.2, -0.15) is 0 Å². The number of hydrogen-bond donors (Lipinski definition) is 2. The maximum absolute atomic E-state index is 13.0. The zero-order valence-electron chi connectivity index (χ0n) is 17.2. The summed E-state index contributed by atoms with van der Waals surface area (Å²) in [4.78, 5) is 36.2. The van der Waals surface area contributed by atoms with Gasteiger partial charge in [0.05, 0.1) is 33.3 Å². The number of rotatable bonds is 7. The van der Waals surface area contributed by atoms with Crippen LogP contribution in [0.1, 0.15) is 15.9 Å². The monoisotopic (exact) mass is 485 g/mol. The van der Waals surface area contributed by atoms with E-state index in [0.717, 1.165) is 0 Å². The molecule has 0 aliphatic carbocycles. The van der Waals surface area contributed by atoms with Crippen LogP contribution >= 0.6 is 23.2 Å². The maximum atomic E-state index is 13.0. The van der Waals surface area contributed by atoms with E-state index >= 15 is 0 Å². The smallest absolute Gasteiger partial charge is 0.272 e. The van der Waals surface area contributed by atoms with E-state index < -0.39 is 16.7 Å². The van der Waals surface area contributed by atoms with Gasteiger partial charge in [-0.05, 0) is 54.1 Å². The summed E-state index contributed by atoms with van der Waals surface area (Å²) < 4.78 is 5.08. The first kappa shape index (κ1) is 23.8. The molecule has 3 rings (SSSR count). The highest BCUT2D eigenvalue weighted by atomic mass is 35.5. The molecule has 168 valence electrons. The van der Waals surface area contributed by atoms with E-state index in [-0.39, 0.29) is 22.0 Å². The number of methoxy groups -OCH3 is 1. The van der Waals surface area contributed by atoms with Crippen molar-refractivity contribution in [2.75, 3.05) is 12.4 Å².